The second-order valence-corrected chi connectivity index (χ2v) is 4.38. The van der Waals surface area contributed by atoms with Crippen LogP contribution in [0.25, 0.3) is 11.3 Å². The highest BCUT2D eigenvalue weighted by Crippen LogP contribution is 2.27. The average molecular weight is 229 g/mol. The molecule has 3 rings (SSSR count). The molecule has 1 saturated heterocycles. The molecule has 0 radical (unpaired) electrons. The summed E-state index contributed by atoms with van der Waals surface area (Å²) in [4.78, 5) is 0. The molecule has 0 amide bonds. The highest BCUT2D eigenvalue weighted by molar-refractivity contribution is 5.58. The molecule has 1 fully saturated rings. The van der Waals surface area contributed by atoms with E-state index in [1.165, 1.54) is 5.56 Å². The number of hydrogen-bond acceptors (Lipinski definition) is 3. The zero-order valence-corrected chi connectivity index (χ0v) is 9.77. The van der Waals surface area contributed by atoms with E-state index in [1.807, 2.05) is 12.1 Å². The first-order valence-electron chi connectivity index (χ1n) is 5.85. The van der Waals surface area contributed by atoms with Gasteiger partial charge in [0.05, 0.1) is 0 Å². The van der Waals surface area contributed by atoms with E-state index in [9.17, 15) is 0 Å². The molecule has 88 valence electrons. The summed E-state index contributed by atoms with van der Waals surface area (Å²) >= 11 is 0. The predicted octanol–water partition coefficient (Wildman–Crippen LogP) is 2.61. The van der Waals surface area contributed by atoms with Crippen LogP contribution < -0.4 is 10.1 Å². The zero-order valence-electron chi connectivity index (χ0n) is 9.77. The van der Waals surface area contributed by atoms with Crippen molar-refractivity contribution >= 4 is 0 Å². The first kappa shape index (κ1) is 10.4. The minimum absolute atomic E-state index is 0.256. The zero-order chi connectivity index (χ0) is 11.7. The molecule has 2 aromatic rings. The molecule has 3 heteroatoms. The van der Waals surface area contributed by atoms with Gasteiger partial charge in [0.2, 0.25) is 0 Å². The van der Waals surface area contributed by atoms with Crippen LogP contribution in [0.3, 0.4) is 0 Å². The van der Waals surface area contributed by atoms with Crippen LogP contribution in [0, 0.1) is 6.92 Å². The smallest absolute Gasteiger partial charge is 0.285 e. The number of furan rings is 1. The van der Waals surface area contributed by atoms with E-state index in [4.69, 9.17) is 9.15 Å². The van der Waals surface area contributed by atoms with Gasteiger partial charge in [0, 0.05) is 24.7 Å². The van der Waals surface area contributed by atoms with Crippen molar-refractivity contribution in [3.05, 3.63) is 42.0 Å². The molecular formula is C14H15NO2. The van der Waals surface area contributed by atoms with Crippen molar-refractivity contribution in [2.75, 3.05) is 13.1 Å². The summed E-state index contributed by atoms with van der Waals surface area (Å²) < 4.78 is 11.3. The molecule has 1 aromatic carbocycles. The lowest BCUT2D eigenvalue weighted by atomic mass is 10.1. The van der Waals surface area contributed by atoms with Gasteiger partial charge in [-0.3, -0.25) is 0 Å². The second-order valence-electron chi connectivity index (χ2n) is 4.38. The van der Waals surface area contributed by atoms with Crippen molar-refractivity contribution in [2.24, 2.45) is 0 Å². The fraction of sp³-hybridized carbons (Fsp3) is 0.286. The Kier molecular flexibility index (Phi) is 2.61. The highest BCUT2D eigenvalue weighted by Gasteiger charge is 2.19. The third-order valence-corrected chi connectivity index (χ3v) is 2.94. The summed E-state index contributed by atoms with van der Waals surface area (Å²) in [6.45, 7) is 3.88. The molecule has 2 heterocycles. The number of benzene rings is 1. The van der Waals surface area contributed by atoms with Gasteiger partial charge in [-0.15, -0.1) is 0 Å². The lowest BCUT2D eigenvalue weighted by molar-refractivity contribution is 0.110. The van der Waals surface area contributed by atoms with Crippen LogP contribution in [0.4, 0.5) is 0 Å². The van der Waals surface area contributed by atoms with Gasteiger partial charge in [0.25, 0.3) is 5.95 Å². The van der Waals surface area contributed by atoms with Crippen molar-refractivity contribution < 1.29 is 9.15 Å². The van der Waals surface area contributed by atoms with E-state index in [0.29, 0.717) is 5.95 Å². The molecule has 1 N–H and O–H groups in total. The molecule has 3 nitrogen and oxygen atoms in total. The number of hydrogen-bond donors (Lipinski definition) is 1. The van der Waals surface area contributed by atoms with Crippen molar-refractivity contribution in [3.8, 4) is 17.3 Å². The molecule has 0 unspecified atom stereocenters. The monoisotopic (exact) mass is 229 g/mol. The standard InChI is InChI=1S/C14H15NO2/c1-10-2-4-11(5-3-10)13-6-7-14(17-13)16-12-8-15-9-12/h2-7,12,15H,8-9H2,1H3. The van der Waals surface area contributed by atoms with Crippen LogP contribution >= 0.6 is 0 Å². The minimum atomic E-state index is 0.256. The van der Waals surface area contributed by atoms with Gasteiger partial charge in [-0.2, -0.15) is 0 Å². The average Bonchev–Trinajstić information content (AvgIpc) is 2.73. The SMILES string of the molecule is Cc1ccc(-c2ccc(OC3CNC3)o2)cc1. The van der Waals surface area contributed by atoms with Gasteiger partial charge in [-0.05, 0) is 13.0 Å². The van der Waals surface area contributed by atoms with E-state index >= 15 is 0 Å². The van der Waals surface area contributed by atoms with Crippen LogP contribution in [0.2, 0.25) is 0 Å². The molecule has 17 heavy (non-hydrogen) atoms. The Morgan fingerprint density at radius 1 is 1.12 bits per heavy atom. The topological polar surface area (TPSA) is 34.4 Å². The molecule has 0 atom stereocenters. The van der Waals surface area contributed by atoms with Crippen LogP contribution in [-0.2, 0) is 0 Å². The molecule has 1 aliphatic heterocycles. The first-order valence-corrected chi connectivity index (χ1v) is 5.85. The predicted molar refractivity (Wildman–Crippen MR) is 66.2 cm³/mol. The minimum Gasteiger partial charge on any atom is -0.459 e. The van der Waals surface area contributed by atoms with Crippen molar-refractivity contribution in [2.45, 2.75) is 13.0 Å². The van der Waals surface area contributed by atoms with Crippen molar-refractivity contribution in [1.29, 1.82) is 0 Å². The Balaban J connectivity index is 1.76. The lowest BCUT2D eigenvalue weighted by Crippen LogP contribution is -2.50. The summed E-state index contributed by atoms with van der Waals surface area (Å²) in [5.74, 6) is 1.46. The summed E-state index contributed by atoms with van der Waals surface area (Å²) in [7, 11) is 0. The van der Waals surface area contributed by atoms with Crippen LogP contribution in [-0.4, -0.2) is 19.2 Å². The van der Waals surface area contributed by atoms with E-state index in [2.05, 4.69) is 36.5 Å². The third kappa shape index (κ3) is 2.19. The summed E-state index contributed by atoms with van der Waals surface area (Å²) in [6, 6.07) is 12.1. The number of rotatable bonds is 3. The highest BCUT2D eigenvalue weighted by atomic mass is 16.6. The number of aryl methyl sites for hydroxylation is 1. The fourth-order valence-corrected chi connectivity index (χ4v) is 1.77. The maximum Gasteiger partial charge on any atom is 0.285 e. The van der Waals surface area contributed by atoms with Crippen molar-refractivity contribution in [1.82, 2.24) is 5.32 Å². The Morgan fingerprint density at radius 3 is 2.53 bits per heavy atom. The summed E-state index contributed by atoms with van der Waals surface area (Å²) in [6.07, 6.45) is 0.256. The van der Waals surface area contributed by atoms with Gasteiger partial charge < -0.3 is 14.5 Å². The quantitative estimate of drug-likeness (QED) is 0.878. The number of nitrogens with one attached hydrogen (secondary N) is 1. The largest absolute Gasteiger partial charge is 0.459 e. The van der Waals surface area contributed by atoms with E-state index in [0.717, 1.165) is 24.4 Å². The lowest BCUT2D eigenvalue weighted by Gasteiger charge is -2.26. The number of ether oxygens (including phenoxy) is 1. The Bertz CT molecular complexity index is 497. The van der Waals surface area contributed by atoms with E-state index in [1.54, 1.807) is 0 Å². The molecule has 0 saturated carbocycles. The molecule has 0 aliphatic carbocycles. The van der Waals surface area contributed by atoms with Crippen molar-refractivity contribution in [3.63, 3.8) is 0 Å². The maximum atomic E-state index is 5.67. The molecular weight excluding hydrogens is 214 g/mol. The Labute approximate surface area is 100 Å². The summed E-state index contributed by atoms with van der Waals surface area (Å²) in [5, 5.41) is 3.16. The second kappa shape index (κ2) is 4.26. The van der Waals surface area contributed by atoms with Gasteiger partial charge in [-0.25, -0.2) is 0 Å². The molecule has 0 spiro atoms. The van der Waals surface area contributed by atoms with Gasteiger partial charge in [-0.1, -0.05) is 29.8 Å². The van der Waals surface area contributed by atoms with E-state index < -0.39 is 0 Å². The Hall–Kier alpha value is -1.74. The molecule has 1 aliphatic rings. The Morgan fingerprint density at radius 2 is 1.88 bits per heavy atom. The van der Waals surface area contributed by atoms with Crippen LogP contribution in [0.15, 0.2) is 40.8 Å². The fourth-order valence-electron chi connectivity index (χ4n) is 1.77. The van der Waals surface area contributed by atoms with Crippen LogP contribution in [0.5, 0.6) is 5.95 Å². The molecule has 1 aromatic heterocycles. The maximum absolute atomic E-state index is 5.67. The van der Waals surface area contributed by atoms with Gasteiger partial charge in [0.15, 0.2) is 0 Å². The first-order chi connectivity index (χ1) is 8.31. The van der Waals surface area contributed by atoms with E-state index in [-0.39, 0.29) is 6.10 Å². The summed E-state index contributed by atoms with van der Waals surface area (Å²) in [5.41, 5.74) is 2.33. The third-order valence-electron chi connectivity index (χ3n) is 2.94. The van der Waals surface area contributed by atoms with Crippen LogP contribution in [0.1, 0.15) is 5.56 Å². The van der Waals surface area contributed by atoms with Gasteiger partial charge in [0.1, 0.15) is 11.9 Å². The normalized spacial score (nSPS) is 15.6. The molecule has 0 bridgehead atoms. The van der Waals surface area contributed by atoms with Gasteiger partial charge >= 0.3 is 0 Å².